The molecule has 13 heavy (non-hydrogen) atoms. The topological polar surface area (TPSA) is 29.1 Å². The highest BCUT2D eigenvalue weighted by Crippen LogP contribution is 2.10. The largest absolute Gasteiger partial charge is 0.388 e. The molecule has 0 fully saturated rings. The van der Waals surface area contributed by atoms with Gasteiger partial charge in [0.15, 0.2) is 5.78 Å². The molecular formula is C11H15NO. The van der Waals surface area contributed by atoms with Crippen LogP contribution in [0.1, 0.15) is 30.1 Å². The molecule has 0 bridgehead atoms. The number of carbonyl (C=O) groups is 1. The van der Waals surface area contributed by atoms with Crippen LogP contribution in [-0.4, -0.2) is 12.8 Å². The summed E-state index contributed by atoms with van der Waals surface area (Å²) in [6.07, 6.45) is 1.55. The number of rotatable bonds is 4. The average molecular weight is 177 g/mol. The molecule has 0 radical (unpaired) electrons. The van der Waals surface area contributed by atoms with Gasteiger partial charge in [-0.2, -0.15) is 0 Å². The number of anilines is 1. The second kappa shape index (κ2) is 4.65. The van der Waals surface area contributed by atoms with Crippen LogP contribution in [0, 0.1) is 0 Å². The number of ketones is 1. The van der Waals surface area contributed by atoms with Crippen LogP contribution in [0.15, 0.2) is 24.3 Å². The molecule has 2 nitrogen and oxygen atoms in total. The Morgan fingerprint density at radius 3 is 2.38 bits per heavy atom. The Kier molecular flexibility index (Phi) is 3.50. The SMILES string of the molecule is CCCC(=O)c1ccc(NC)cc1. The van der Waals surface area contributed by atoms with Crippen molar-refractivity contribution in [3.8, 4) is 0 Å². The molecule has 0 heterocycles. The number of hydrogen-bond donors (Lipinski definition) is 1. The Balaban J connectivity index is 2.74. The predicted molar refractivity (Wildman–Crippen MR) is 55.2 cm³/mol. The van der Waals surface area contributed by atoms with E-state index in [0.29, 0.717) is 6.42 Å². The first-order chi connectivity index (χ1) is 6.27. The van der Waals surface area contributed by atoms with E-state index in [0.717, 1.165) is 17.7 Å². The van der Waals surface area contributed by atoms with Crippen LogP contribution >= 0.6 is 0 Å². The van der Waals surface area contributed by atoms with Gasteiger partial charge in [0.05, 0.1) is 0 Å². The van der Waals surface area contributed by atoms with E-state index in [1.807, 2.05) is 38.2 Å². The second-order valence-electron chi connectivity index (χ2n) is 3.00. The molecule has 0 atom stereocenters. The zero-order chi connectivity index (χ0) is 9.68. The van der Waals surface area contributed by atoms with E-state index in [1.54, 1.807) is 0 Å². The summed E-state index contributed by atoms with van der Waals surface area (Å²) in [6.45, 7) is 2.01. The summed E-state index contributed by atoms with van der Waals surface area (Å²) < 4.78 is 0. The molecule has 0 spiro atoms. The molecule has 1 aromatic carbocycles. The van der Waals surface area contributed by atoms with Gasteiger partial charge < -0.3 is 5.32 Å². The van der Waals surface area contributed by atoms with Crippen molar-refractivity contribution in [3.63, 3.8) is 0 Å². The smallest absolute Gasteiger partial charge is 0.162 e. The third-order valence-corrected chi connectivity index (χ3v) is 1.97. The maximum atomic E-state index is 11.4. The highest BCUT2D eigenvalue weighted by atomic mass is 16.1. The van der Waals surface area contributed by atoms with Gasteiger partial charge in [0.1, 0.15) is 0 Å². The maximum Gasteiger partial charge on any atom is 0.162 e. The summed E-state index contributed by atoms with van der Waals surface area (Å²) in [5.41, 5.74) is 1.84. The number of hydrogen-bond acceptors (Lipinski definition) is 2. The molecule has 70 valence electrons. The molecule has 0 aliphatic carbocycles. The monoisotopic (exact) mass is 177 g/mol. The lowest BCUT2D eigenvalue weighted by Crippen LogP contribution is -1.98. The maximum absolute atomic E-state index is 11.4. The minimum atomic E-state index is 0.227. The van der Waals surface area contributed by atoms with Crippen LogP contribution in [0.4, 0.5) is 5.69 Å². The van der Waals surface area contributed by atoms with Gasteiger partial charge in [-0.25, -0.2) is 0 Å². The normalized spacial score (nSPS) is 9.69. The van der Waals surface area contributed by atoms with E-state index in [1.165, 1.54) is 0 Å². The Labute approximate surface area is 79.0 Å². The van der Waals surface area contributed by atoms with Crippen LogP contribution in [-0.2, 0) is 0 Å². The third kappa shape index (κ3) is 2.58. The summed E-state index contributed by atoms with van der Waals surface area (Å²) in [6, 6.07) is 7.57. The molecule has 0 amide bonds. The second-order valence-corrected chi connectivity index (χ2v) is 3.00. The molecule has 0 aromatic heterocycles. The Bertz CT molecular complexity index is 277. The molecule has 0 aliphatic rings. The van der Waals surface area contributed by atoms with Crippen molar-refractivity contribution >= 4 is 11.5 Å². The Hall–Kier alpha value is -1.31. The first-order valence-electron chi connectivity index (χ1n) is 4.59. The van der Waals surface area contributed by atoms with Gasteiger partial charge in [-0.1, -0.05) is 6.92 Å². The lowest BCUT2D eigenvalue weighted by Gasteiger charge is -2.01. The standard InChI is InChI=1S/C11H15NO/c1-3-4-11(13)9-5-7-10(12-2)8-6-9/h5-8,12H,3-4H2,1-2H3. The van der Waals surface area contributed by atoms with E-state index in [2.05, 4.69) is 5.32 Å². The minimum Gasteiger partial charge on any atom is -0.388 e. The van der Waals surface area contributed by atoms with Gasteiger partial charge in [-0.3, -0.25) is 4.79 Å². The van der Waals surface area contributed by atoms with Gasteiger partial charge in [-0.15, -0.1) is 0 Å². The van der Waals surface area contributed by atoms with Crippen molar-refractivity contribution in [1.29, 1.82) is 0 Å². The number of nitrogens with one attached hydrogen (secondary N) is 1. The molecule has 1 aromatic rings. The fraction of sp³-hybridized carbons (Fsp3) is 0.364. The van der Waals surface area contributed by atoms with Crippen molar-refractivity contribution < 1.29 is 4.79 Å². The highest BCUT2D eigenvalue weighted by molar-refractivity contribution is 5.96. The quantitative estimate of drug-likeness (QED) is 0.716. The average Bonchev–Trinajstić information content (AvgIpc) is 2.18. The fourth-order valence-electron chi connectivity index (χ4n) is 1.19. The van der Waals surface area contributed by atoms with E-state index in [-0.39, 0.29) is 5.78 Å². The van der Waals surface area contributed by atoms with Crippen LogP contribution in [0.3, 0.4) is 0 Å². The van der Waals surface area contributed by atoms with Gasteiger partial charge in [-0.05, 0) is 30.7 Å². The molecule has 0 aliphatic heterocycles. The molecular weight excluding hydrogens is 162 g/mol. The molecule has 1 rings (SSSR count). The zero-order valence-corrected chi connectivity index (χ0v) is 8.13. The summed E-state index contributed by atoms with van der Waals surface area (Å²) in [5.74, 6) is 0.227. The van der Waals surface area contributed by atoms with Crippen LogP contribution in [0.25, 0.3) is 0 Å². The minimum absolute atomic E-state index is 0.227. The van der Waals surface area contributed by atoms with E-state index < -0.39 is 0 Å². The summed E-state index contributed by atoms with van der Waals surface area (Å²) in [5, 5.41) is 3.01. The van der Waals surface area contributed by atoms with Crippen molar-refractivity contribution in [2.24, 2.45) is 0 Å². The molecule has 0 saturated heterocycles. The summed E-state index contributed by atoms with van der Waals surface area (Å²) in [4.78, 5) is 11.4. The number of benzene rings is 1. The van der Waals surface area contributed by atoms with Crippen LogP contribution in [0.2, 0.25) is 0 Å². The molecule has 0 unspecified atom stereocenters. The number of Topliss-reactive ketones (excluding diaryl/α,β-unsaturated/α-hetero) is 1. The summed E-state index contributed by atoms with van der Waals surface area (Å²) in [7, 11) is 1.86. The van der Waals surface area contributed by atoms with Gasteiger partial charge in [0.2, 0.25) is 0 Å². The first kappa shape index (κ1) is 9.78. The van der Waals surface area contributed by atoms with E-state index in [9.17, 15) is 4.79 Å². The molecule has 1 N–H and O–H groups in total. The lowest BCUT2D eigenvalue weighted by atomic mass is 10.1. The predicted octanol–water partition coefficient (Wildman–Crippen LogP) is 2.71. The Morgan fingerprint density at radius 1 is 1.31 bits per heavy atom. The Morgan fingerprint density at radius 2 is 1.92 bits per heavy atom. The van der Waals surface area contributed by atoms with Crippen molar-refractivity contribution in [3.05, 3.63) is 29.8 Å². The first-order valence-corrected chi connectivity index (χ1v) is 4.59. The summed E-state index contributed by atoms with van der Waals surface area (Å²) >= 11 is 0. The van der Waals surface area contributed by atoms with E-state index >= 15 is 0 Å². The third-order valence-electron chi connectivity index (χ3n) is 1.97. The van der Waals surface area contributed by atoms with Crippen molar-refractivity contribution in [2.45, 2.75) is 19.8 Å². The van der Waals surface area contributed by atoms with Gasteiger partial charge in [0.25, 0.3) is 0 Å². The van der Waals surface area contributed by atoms with Gasteiger partial charge >= 0.3 is 0 Å². The zero-order valence-electron chi connectivity index (χ0n) is 8.13. The van der Waals surface area contributed by atoms with E-state index in [4.69, 9.17) is 0 Å². The fourth-order valence-corrected chi connectivity index (χ4v) is 1.19. The number of carbonyl (C=O) groups excluding carboxylic acids is 1. The van der Waals surface area contributed by atoms with Crippen molar-refractivity contribution in [2.75, 3.05) is 12.4 Å². The lowest BCUT2D eigenvalue weighted by molar-refractivity contribution is 0.0982. The van der Waals surface area contributed by atoms with Crippen molar-refractivity contribution in [1.82, 2.24) is 0 Å². The highest BCUT2D eigenvalue weighted by Gasteiger charge is 2.02. The molecule has 2 heteroatoms. The van der Waals surface area contributed by atoms with Crippen LogP contribution < -0.4 is 5.32 Å². The molecule has 0 saturated carbocycles. The van der Waals surface area contributed by atoms with Crippen LogP contribution in [0.5, 0.6) is 0 Å². The van der Waals surface area contributed by atoms with Gasteiger partial charge in [0, 0.05) is 24.7 Å².